The second kappa shape index (κ2) is 4.53. The van der Waals surface area contributed by atoms with E-state index in [4.69, 9.17) is 0 Å². The Hall–Kier alpha value is -1.68. The van der Waals surface area contributed by atoms with Crippen molar-refractivity contribution in [3.63, 3.8) is 0 Å². The van der Waals surface area contributed by atoms with Crippen molar-refractivity contribution in [3.8, 4) is 5.69 Å². The highest BCUT2D eigenvalue weighted by atomic mass is 19.1. The average Bonchev–Trinajstić information content (AvgIpc) is 2.82. The molecule has 1 aliphatic carbocycles. The van der Waals surface area contributed by atoms with Crippen LogP contribution in [-0.2, 0) is 19.4 Å². The van der Waals surface area contributed by atoms with Crippen molar-refractivity contribution < 1.29 is 9.50 Å². The molecule has 1 aromatic carbocycles. The monoisotopic (exact) mass is 246 g/mol. The Labute approximate surface area is 105 Å². The van der Waals surface area contributed by atoms with E-state index in [1.807, 2.05) is 4.57 Å². The normalized spacial score (nSPS) is 14.6. The van der Waals surface area contributed by atoms with Crippen LogP contribution in [0, 0.1) is 5.82 Å². The first-order valence-corrected chi connectivity index (χ1v) is 6.24. The zero-order valence-corrected chi connectivity index (χ0v) is 10.1. The van der Waals surface area contributed by atoms with Gasteiger partial charge in [-0.2, -0.15) is 0 Å². The molecule has 0 saturated heterocycles. The second-order valence-corrected chi connectivity index (χ2v) is 4.65. The third kappa shape index (κ3) is 1.82. The van der Waals surface area contributed by atoms with Crippen molar-refractivity contribution in [1.82, 2.24) is 9.55 Å². The zero-order chi connectivity index (χ0) is 12.5. The molecule has 0 amide bonds. The molecule has 0 aliphatic heterocycles. The van der Waals surface area contributed by atoms with Crippen LogP contribution in [0.4, 0.5) is 4.39 Å². The zero-order valence-electron chi connectivity index (χ0n) is 10.1. The fraction of sp³-hybridized carbons (Fsp3) is 0.357. The minimum Gasteiger partial charge on any atom is -0.392 e. The summed E-state index contributed by atoms with van der Waals surface area (Å²) < 4.78 is 15.2. The first-order valence-electron chi connectivity index (χ1n) is 6.24. The number of hydrogen-bond acceptors (Lipinski definition) is 2. The molecular weight excluding hydrogens is 231 g/mol. The molecule has 18 heavy (non-hydrogen) atoms. The van der Waals surface area contributed by atoms with E-state index >= 15 is 0 Å². The molecule has 1 N–H and O–H groups in total. The van der Waals surface area contributed by atoms with Crippen molar-refractivity contribution in [2.24, 2.45) is 0 Å². The van der Waals surface area contributed by atoms with Crippen molar-refractivity contribution in [2.45, 2.75) is 32.3 Å². The molecule has 1 aliphatic rings. The Bertz CT molecular complexity index is 577. The van der Waals surface area contributed by atoms with Crippen molar-refractivity contribution in [1.29, 1.82) is 0 Å². The summed E-state index contributed by atoms with van der Waals surface area (Å²) in [7, 11) is 0. The molecular formula is C14H15FN2O. The van der Waals surface area contributed by atoms with Crippen LogP contribution in [0.25, 0.3) is 5.69 Å². The minimum atomic E-state index is -0.322. The van der Waals surface area contributed by atoms with Gasteiger partial charge in [-0.05, 0) is 43.9 Å². The van der Waals surface area contributed by atoms with Gasteiger partial charge >= 0.3 is 0 Å². The van der Waals surface area contributed by atoms with E-state index in [1.165, 1.54) is 24.2 Å². The standard InChI is InChI=1S/C14H15FN2O/c15-11-5-6-13(10(7-11)8-18)17-9-16-12-3-1-2-4-14(12)17/h5-7,9,18H,1-4,8H2. The van der Waals surface area contributed by atoms with Crippen LogP contribution < -0.4 is 0 Å². The number of rotatable bonds is 2. The lowest BCUT2D eigenvalue weighted by molar-refractivity contribution is 0.281. The van der Waals surface area contributed by atoms with Gasteiger partial charge in [-0.25, -0.2) is 9.37 Å². The van der Waals surface area contributed by atoms with Crippen molar-refractivity contribution >= 4 is 0 Å². The molecule has 1 heterocycles. The third-order valence-electron chi connectivity index (χ3n) is 3.50. The number of fused-ring (bicyclic) bond motifs is 1. The van der Waals surface area contributed by atoms with Crippen LogP contribution in [0.1, 0.15) is 29.8 Å². The number of halogens is 1. The van der Waals surface area contributed by atoms with E-state index in [-0.39, 0.29) is 12.4 Å². The molecule has 0 spiro atoms. The molecule has 4 heteroatoms. The highest BCUT2D eigenvalue weighted by Gasteiger charge is 2.17. The molecule has 2 aromatic rings. The van der Waals surface area contributed by atoms with Crippen LogP contribution >= 0.6 is 0 Å². The van der Waals surface area contributed by atoms with Gasteiger partial charge in [0, 0.05) is 11.3 Å². The van der Waals surface area contributed by atoms with Crippen LogP contribution in [0.2, 0.25) is 0 Å². The Kier molecular flexibility index (Phi) is 2.88. The summed E-state index contributed by atoms with van der Waals surface area (Å²) >= 11 is 0. The maximum absolute atomic E-state index is 13.2. The summed E-state index contributed by atoms with van der Waals surface area (Å²) in [5, 5.41) is 9.35. The van der Waals surface area contributed by atoms with Gasteiger partial charge in [-0.1, -0.05) is 0 Å². The molecule has 1 aromatic heterocycles. The molecule has 0 radical (unpaired) electrons. The minimum absolute atomic E-state index is 0.167. The fourth-order valence-electron chi connectivity index (χ4n) is 2.59. The smallest absolute Gasteiger partial charge is 0.123 e. The molecule has 0 fully saturated rings. The lowest BCUT2D eigenvalue weighted by Crippen LogP contribution is -2.08. The molecule has 0 bridgehead atoms. The Balaban J connectivity index is 2.12. The van der Waals surface area contributed by atoms with Gasteiger partial charge < -0.3 is 9.67 Å². The highest BCUT2D eigenvalue weighted by Crippen LogP contribution is 2.25. The summed E-state index contributed by atoms with van der Waals surface area (Å²) in [5.74, 6) is -0.322. The average molecular weight is 246 g/mol. The van der Waals surface area contributed by atoms with Gasteiger partial charge in [0.1, 0.15) is 5.82 Å². The van der Waals surface area contributed by atoms with Gasteiger partial charge in [0.15, 0.2) is 0 Å². The lowest BCUT2D eigenvalue weighted by atomic mass is 10.0. The lowest BCUT2D eigenvalue weighted by Gasteiger charge is -2.16. The molecule has 0 atom stereocenters. The summed E-state index contributed by atoms with van der Waals surface area (Å²) in [4.78, 5) is 4.42. The van der Waals surface area contributed by atoms with Crippen LogP contribution in [-0.4, -0.2) is 14.7 Å². The number of aromatic nitrogens is 2. The topological polar surface area (TPSA) is 38.0 Å². The molecule has 94 valence electrons. The maximum Gasteiger partial charge on any atom is 0.123 e. The Morgan fingerprint density at radius 2 is 2.11 bits per heavy atom. The number of aliphatic hydroxyl groups is 1. The predicted octanol–water partition coefficient (Wildman–Crippen LogP) is 2.38. The quantitative estimate of drug-likeness (QED) is 0.883. The second-order valence-electron chi connectivity index (χ2n) is 4.65. The number of benzene rings is 1. The van der Waals surface area contributed by atoms with E-state index in [0.29, 0.717) is 5.56 Å². The van der Waals surface area contributed by atoms with Crippen LogP contribution in [0.3, 0.4) is 0 Å². The summed E-state index contributed by atoms with van der Waals surface area (Å²) in [6.45, 7) is -0.167. The van der Waals surface area contributed by atoms with Gasteiger partial charge in [-0.3, -0.25) is 0 Å². The summed E-state index contributed by atoms with van der Waals surface area (Å²) in [6, 6.07) is 4.51. The molecule has 3 rings (SSSR count). The van der Waals surface area contributed by atoms with Crippen LogP contribution in [0.15, 0.2) is 24.5 Å². The summed E-state index contributed by atoms with van der Waals surface area (Å²) in [5.41, 5.74) is 3.76. The number of aliphatic hydroxyl groups excluding tert-OH is 1. The fourth-order valence-corrected chi connectivity index (χ4v) is 2.59. The Morgan fingerprint density at radius 1 is 1.28 bits per heavy atom. The predicted molar refractivity (Wildman–Crippen MR) is 66.1 cm³/mol. The van der Waals surface area contributed by atoms with Gasteiger partial charge in [0.05, 0.1) is 24.3 Å². The van der Waals surface area contributed by atoms with Gasteiger partial charge in [0.2, 0.25) is 0 Å². The molecule has 0 saturated carbocycles. The maximum atomic E-state index is 13.2. The molecule has 3 nitrogen and oxygen atoms in total. The number of aryl methyl sites for hydroxylation is 1. The van der Waals surface area contributed by atoms with E-state index in [2.05, 4.69) is 4.98 Å². The first-order chi connectivity index (χ1) is 8.79. The van der Waals surface area contributed by atoms with E-state index in [9.17, 15) is 9.50 Å². The third-order valence-corrected chi connectivity index (χ3v) is 3.50. The first kappa shape index (κ1) is 11.4. The van der Waals surface area contributed by atoms with Gasteiger partial charge in [0.25, 0.3) is 0 Å². The van der Waals surface area contributed by atoms with Crippen molar-refractivity contribution in [2.75, 3.05) is 0 Å². The van der Waals surface area contributed by atoms with Crippen LogP contribution in [0.5, 0.6) is 0 Å². The highest BCUT2D eigenvalue weighted by molar-refractivity contribution is 5.43. The van der Waals surface area contributed by atoms with E-state index in [0.717, 1.165) is 30.6 Å². The van der Waals surface area contributed by atoms with Gasteiger partial charge in [-0.15, -0.1) is 0 Å². The number of nitrogens with zero attached hydrogens (tertiary/aromatic N) is 2. The molecule has 0 unspecified atom stereocenters. The van der Waals surface area contributed by atoms with E-state index < -0.39 is 0 Å². The summed E-state index contributed by atoms with van der Waals surface area (Å²) in [6.07, 6.45) is 6.13. The number of imidazole rings is 1. The van der Waals surface area contributed by atoms with Crippen molar-refractivity contribution in [3.05, 3.63) is 47.3 Å². The number of hydrogen-bond donors (Lipinski definition) is 1. The largest absolute Gasteiger partial charge is 0.392 e. The SMILES string of the molecule is OCc1cc(F)ccc1-n1cnc2c1CCCC2. The Morgan fingerprint density at radius 3 is 2.94 bits per heavy atom. The van der Waals surface area contributed by atoms with E-state index in [1.54, 1.807) is 12.4 Å².